The number of rotatable bonds is 3. The summed E-state index contributed by atoms with van der Waals surface area (Å²) in [6.45, 7) is 1.73. The van der Waals surface area contributed by atoms with Crippen molar-refractivity contribution in [3.63, 3.8) is 0 Å². The van der Waals surface area contributed by atoms with Crippen LogP contribution in [0.4, 0.5) is 0 Å². The lowest BCUT2D eigenvalue weighted by Gasteiger charge is -2.20. The van der Waals surface area contributed by atoms with Gasteiger partial charge in [-0.2, -0.15) is 0 Å². The van der Waals surface area contributed by atoms with Gasteiger partial charge in [0.05, 0.1) is 0 Å². The normalized spacial score (nSPS) is 15.5. The van der Waals surface area contributed by atoms with Crippen molar-refractivity contribution in [2.24, 2.45) is 0 Å². The molecule has 1 aromatic heterocycles. The molecule has 1 rings (SSSR count). The third kappa shape index (κ3) is 1.49. The van der Waals surface area contributed by atoms with Crippen LogP contribution >= 0.6 is 23.1 Å². The van der Waals surface area contributed by atoms with E-state index in [9.17, 15) is 4.79 Å². The van der Waals surface area contributed by atoms with Gasteiger partial charge in [0.2, 0.25) is 0 Å². The van der Waals surface area contributed by atoms with Crippen LogP contribution in [0.3, 0.4) is 0 Å². The molecule has 2 nitrogen and oxygen atoms in total. The van der Waals surface area contributed by atoms with Crippen LogP contribution in [-0.2, 0) is 9.54 Å². The second-order valence-corrected chi connectivity index (χ2v) is 4.69. The molecule has 0 saturated heterocycles. The smallest absolute Gasteiger partial charge is 0.324 e. The van der Waals surface area contributed by atoms with Crippen LogP contribution in [0.15, 0.2) is 17.5 Å². The average molecular weight is 202 g/mol. The predicted octanol–water partition coefficient (Wildman–Crippen LogP) is 2.41. The molecule has 12 heavy (non-hydrogen) atoms. The van der Waals surface area contributed by atoms with Gasteiger partial charge in [-0.3, -0.25) is 4.79 Å². The fourth-order valence-electron chi connectivity index (χ4n) is 0.843. The van der Waals surface area contributed by atoms with E-state index in [-0.39, 0.29) is 0 Å². The Kier molecular flexibility index (Phi) is 2.80. The number of aliphatic carboxylic acids is 1. The predicted molar refractivity (Wildman–Crippen MR) is 52.8 cm³/mol. The Morgan fingerprint density at radius 1 is 1.75 bits per heavy atom. The molecule has 0 fully saturated rings. The van der Waals surface area contributed by atoms with Crippen molar-refractivity contribution in [2.45, 2.75) is 11.7 Å². The number of hydrogen-bond acceptors (Lipinski definition) is 3. The van der Waals surface area contributed by atoms with E-state index in [1.54, 1.807) is 6.92 Å². The van der Waals surface area contributed by atoms with Gasteiger partial charge >= 0.3 is 5.97 Å². The first-order valence-corrected chi connectivity index (χ1v) is 5.54. The summed E-state index contributed by atoms with van der Waals surface area (Å²) >= 11 is 2.83. The van der Waals surface area contributed by atoms with E-state index in [0.29, 0.717) is 0 Å². The number of thiophene rings is 1. The molecular weight excluding hydrogens is 192 g/mol. The summed E-state index contributed by atoms with van der Waals surface area (Å²) in [6.07, 6.45) is 1.81. The SMILES string of the molecule is CSC(C)(C(=O)O)c1cccs1. The Bertz CT molecular complexity index is 269. The molecular formula is C8H10O2S2. The van der Waals surface area contributed by atoms with E-state index >= 15 is 0 Å². The quantitative estimate of drug-likeness (QED) is 0.817. The van der Waals surface area contributed by atoms with Gasteiger partial charge in [0.25, 0.3) is 0 Å². The summed E-state index contributed by atoms with van der Waals surface area (Å²) in [4.78, 5) is 11.8. The second kappa shape index (κ2) is 3.49. The van der Waals surface area contributed by atoms with Gasteiger partial charge in [-0.25, -0.2) is 0 Å². The monoisotopic (exact) mass is 202 g/mol. The molecule has 1 heterocycles. The maximum absolute atomic E-state index is 10.9. The molecule has 0 spiro atoms. The van der Waals surface area contributed by atoms with E-state index < -0.39 is 10.7 Å². The highest BCUT2D eigenvalue weighted by Crippen LogP contribution is 2.37. The van der Waals surface area contributed by atoms with E-state index in [1.807, 2.05) is 23.8 Å². The highest BCUT2D eigenvalue weighted by atomic mass is 32.2. The van der Waals surface area contributed by atoms with Crippen molar-refractivity contribution < 1.29 is 9.90 Å². The van der Waals surface area contributed by atoms with E-state index in [1.165, 1.54) is 23.1 Å². The van der Waals surface area contributed by atoms with E-state index in [2.05, 4.69) is 0 Å². The number of thioether (sulfide) groups is 1. The van der Waals surface area contributed by atoms with Crippen LogP contribution < -0.4 is 0 Å². The molecule has 66 valence electrons. The van der Waals surface area contributed by atoms with Crippen molar-refractivity contribution in [3.05, 3.63) is 22.4 Å². The van der Waals surface area contributed by atoms with Gasteiger partial charge in [0, 0.05) is 4.88 Å². The minimum absolute atomic E-state index is 0.780. The van der Waals surface area contributed by atoms with Crippen molar-refractivity contribution in [3.8, 4) is 0 Å². The van der Waals surface area contributed by atoms with Crippen LogP contribution in [0, 0.1) is 0 Å². The summed E-state index contributed by atoms with van der Waals surface area (Å²) in [7, 11) is 0. The van der Waals surface area contributed by atoms with Gasteiger partial charge in [-0.15, -0.1) is 23.1 Å². The highest BCUT2D eigenvalue weighted by molar-refractivity contribution is 8.00. The highest BCUT2D eigenvalue weighted by Gasteiger charge is 2.35. The summed E-state index contributed by atoms with van der Waals surface area (Å²) in [5.41, 5.74) is 0. The summed E-state index contributed by atoms with van der Waals surface area (Å²) in [5.74, 6) is -0.780. The van der Waals surface area contributed by atoms with Crippen molar-refractivity contribution >= 4 is 29.1 Å². The molecule has 0 bridgehead atoms. The zero-order chi connectivity index (χ0) is 9.19. The molecule has 1 unspecified atom stereocenters. The molecule has 0 radical (unpaired) electrons. The standard InChI is InChI=1S/C8H10O2S2/c1-8(11-2,7(9)10)6-4-3-5-12-6/h3-5H,1-2H3,(H,9,10). The minimum atomic E-state index is -0.784. The Morgan fingerprint density at radius 3 is 2.75 bits per heavy atom. The maximum atomic E-state index is 10.9. The maximum Gasteiger partial charge on any atom is 0.324 e. The zero-order valence-electron chi connectivity index (χ0n) is 6.90. The second-order valence-electron chi connectivity index (χ2n) is 2.52. The summed E-state index contributed by atoms with van der Waals surface area (Å²) in [5, 5.41) is 10.9. The number of hydrogen-bond donors (Lipinski definition) is 1. The number of carboxylic acids is 1. The Morgan fingerprint density at radius 2 is 2.42 bits per heavy atom. The lowest BCUT2D eigenvalue weighted by molar-refractivity contribution is -0.139. The average Bonchev–Trinajstić information content (AvgIpc) is 2.54. The number of carbonyl (C=O) groups is 1. The lowest BCUT2D eigenvalue weighted by atomic mass is 10.1. The first-order chi connectivity index (χ1) is 5.61. The van der Waals surface area contributed by atoms with Gasteiger partial charge in [0.1, 0.15) is 4.75 Å². The molecule has 1 N–H and O–H groups in total. The fourth-order valence-corrected chi connectivity index (χ4v) is 2.45. The van der Waals surface area contributed by atoms with Crippen molar-refractivity contribution in [1.82, 2.24) is 0 Å². The Labute approximate surface area is 79.6 Å². The van der Waals surface area contributed by atoms with Crippen LogP contribution in [-0.4, -0.2) is 17.3 Å². The first kappa shape index (κ1) is 9.61. The fraction of sp³-hybridized carbons (Fsp3) is 0.375. The van der Waals surface area contributed by atoms with Crippen LogP contribution in [0.25, 0.3) is 0 Å². The molecule has 1 atom stereocenters. The molecule has 0 aliphatic heterocycles. The Balaban J connectivity index is 3.04. The van der Waals surface area contributed by atoms with Crippen LogP contribution in [0.1, 0.15) is 11.8 Å². The Hall–Kier alpha value is -0.480. The van der Waals surface area contributed by atoms with Crippen molar-refractivity contribution in [2.75, 3.05) is 6.26 Å². The summed E-state index contributed by atoms with van der Waals surface area (Å²) in [6, 6.07) is 3.73. The molecule has 0 aliphatic carbocycles. The van der Waals surface area contributed by atoms with Gasteiger partial charge in [0.15, 0.2) is 0 Å². The topological polar surface area (TPSA) is 37.3 Å². The molecule has 0 aliphatic rings. The molecule has 0 aromatic carbocycles. The summed E-state index contributed by atoms with van der Waals surface area (Å²) < 4.78 is -0.784. The molecule has 4 heteroatoms. The molecule has 1 aromatic rings. The minimum Gasteiger partial charge on any atom is -0.480 e. The van der Waals surface area contributed by atoms with E-state index in [0.717, 1.165) is 4.88 Å². The van der Waals surface area contributed by atoms with Crippen molar-refractivity contribution in [1.29, 1.82) is 0 Å². The zero-order valence-corrected chi connectivity index (χ0v) is 8.54. The third-order valence-corrected chi connectivity index (χ3v) is 4.24. The van der Waals surface area contributed by atoms with Gasteiger partial charge in [-0.1, -0.05) is 6.07 Å². The molecule has 0 saturated carbocycles. The van der Waals surface area contributed by atoms with Crippen LogP contribution in [0.2, 0.25) is 0 Å². The van der Waals surface area contributed by atoms with Gasteiger partial charge < -0.3 is 5.11 Å². The van der Waals surface area contributed by atoms with Gasteiger partial charge in [-0.05, 0) is 24.6 Å². The largest absolute Gasteiger partial charge is 0.480 e. The third-order valence-electron chi connectivity index (χ3n) is 1.81. The number of carboxylic acid groups (broad SMARTS) is 1. The van der Waals surface area contributed by atoms with E-state index in [4.69, 9.17) is 5.11 Å². The molecule has 0 amide bonds. The lowest BCUT2D eigenvalue weighted by Crippen LogP contribution is -2.26. The van der Waals surface area contributed by atoms with Crippen LogP contribution in [0.5, 0.6) is 0 Å². The first-order valence-electron chi connectivity index (χ1n) is 3.44.